The minimum absolute atomic E-state index is 0.0425. The molecular weight excluding hydrogens is 230 g/mol. The molecule has 0 fully saturated rings. The van der Waals surface area contributed by atoms with Gasteiger partial charge in [-0.3, -0.25) is 0 Å². The van der Waals surface area contributed by atoms with Gasteiger partial charge < -0.3 is 11.1 Å². The number of nitrogens with zero attached hydrogens (tertiary/aromatic N) is 1. The Kier molecular flexibility index (Phi) is 5.10. The molecule has 0 aliphatic carbocycles. The van der Waals surface area contributed by atoms with E-state index in [4.69, 9.17) is 5.73 Å². The predicted molar refractivity (Wildman–Crippen MR) is 75.0 cm³/mol. The zero-order valence-electron chi connectivity index (χ0n) is 11.6. The molecule has 1 unspecified atom stereocenters. The molecule has 0 saturated heterocycles. The van der Waals surface area contributed by atoms with Gasteiger partial charge in [-0.2, -0.15) is 0 Å². The Balaban J connectivity index is 2.41. The summed E-state index contributed by atoms with van der Waals surface area (Å²) in [4.78, 5) is 4.51. The summed E-state index contributed by atoms with van der Waals surface area (Å²) in [7, 11) is 0. The normalized spacial score (nSPS) is 14.3. The maximum absolute atomic E-state index is 5.79. The fourth-order valence-corrected chi connectivity index (χ4v) is 2.11. The number of nitrogens with two attached hydrogens (primary N) is 1. The second-order valence-electron chi connectivity index (χ2n) is 5.71. The lowest BCUT2D eigenvalue weighted by Gasteiger charge is -2.29. The van der Waals surface area contributed by atoms with E-state index < -0.39 is 0 Å². The molecule has 0 saturated carbocycles. The number of hydrogen-bond acceptors (Lipinski definition) is 4. The number of thiazole rings is 1. The van der Waals surface area contributed by atoms with E-state index in [2.05, 4.69) is 43.4 Å². The molecular formula is C13H25N3S. The molecule has 0 bridgehead atoms. The summed E-state index contributed by atoms with van der Waals surface area (Å²) in [5.74, 6) is 0.671. The van der Waals surface area contributed by atoms with Crippen LogP contribution in [0.2, 0.25) is 0 Å². The first kappa shape index (κ1) is 14.6. The van der Waals surface area contributed by atoms with E-state index in [1.54, 1.807) is 11.3 Å². The molecule has 1 heterocycles. The molecule has 1 atom stereocenters. The second-order valence-corrected chi connectivity index (χ2v) is 6.60. The molecule has 0 aromatic carbocycles. The van der Waals surface area contributed by atoms with Crippen molar-refractivity contribution in [3.63, 3.8) is 0 Å². The average Bonchev–Trinajstić information content (AvgIpc) is 2.66. The first-order chi connectivity index (χ1) is 7.83. The van der Waals surface area contributed by atoms with Crippen molar-refractivity contribution in [2.45, 2.75) is 47.2 Å². The third-order valence-electron chi connectivity index (χ3n) is 3.41. The van der Waals surface area contributed by atoms with Crippen molar-refractivity contribution in [3.05, 3.63) is 16.1 Å². The molecule has 3 N–H and O–H groups in total. The summed E-state index contributed by atoms with van der Waals surface area (Å²) in [5.41, 5.74) is 7.21. The first-order valence-electron chi connectivity index (χ1n) is 6.23. The van der Waals surface area contributed by atoms with Gasteiger partial charge >= 0.3 is 0 Å². The highest BCUT2D eigenvalue weighted by molar-refractivity contribution is 7.09. The van der Waals surface area contributed by atoms with Crippen molar-refractivity contribution in [1.82, 2.24) is 10.3 Å². The van der Waals surface area contributed by atoms with Gasteiger partial charge in [0.1, 0.15) is 5.01 Å². The Labute approximate surface area is 109 Å². The largest absolute Gasteiger partial charge is 0.322 e. The topological polar surface area (TPSA) is 50.9 Å². The van der Waals surface area contributed by atoms with Crippen LogP contribution in [0.3, 0.4) is 0 Å². The van der Waals surface area contributed by atoms with Gasteiger partial charge in [0.15, 0.2) is 0 Å². The highest BCUT2D eigenvalue weighted by Gasteiger charge is 2.21. The van der Waals surface area contributed by atoms with Crippen LogP contribution in [0.25, 0.3) is 0 Å². The number of rotatable bonds is 6. The van der Waals surface area contributed by atoms with E-state index in [1.165, 1.54) is 0 Å². The monoisotopic (exact) mass is 255 g/mol. The van der Waals surface area contributed by atoms with Crippen LogP contribution in [0.5, 0.6) is 0 Å². The average molecular weight is 255 g/mol. The van der Waals surface area contributed by atoms with Gasteiger partial charge in [0.25, 0.3) is 0 Å². The Morgan fingerprint density at radius 3 is 2.53 bits per heavy atom. The lowest BCUT2D eigenvalue weighted by Crippen LogP contribution is -2.33. The molecule has 0 spiro atoms. The molecule has 1 rings (SSSR count). The van der Waals surface area contributed by atoms with E-state index >= 15 is 0 Å². The van der Waals surface area contributed by atoms with E-state index in [9.17, 15) is 0 Å². The van der Waals surface area contributed by atoms with Crippen molar-refractivity contribution in [3.8, 4) is 0 Å². The van der Waals surface area contributed by atoms with Gasteiger partial charge in [0.2, 0.25) is 0 Å². The van der Waals surface area contributed by atoms with Crippen molar-refractivity contribution < 1.29 is 0 Å². The molecule has 17 heavy (non-hydrogen) atoms. The van der Waals surface area contributed by atoms with E-state index in [-0.39, 0.29) is 6.04 Å². The lowest BCUT2D eigenvalue weighted by atomic mass is 9.81. The highest BCUT2D eigenvalue weighted by Crippen LogP contribution is 2.24. The van der Waals surface area contributed by atoms with Crippen LogP contribution in [0.15, 0.2) is 5.38 Å². The fourth-order valence-electron chi connectivity index (χ4n) is 1.33. The number of nitrogens with one attached hydrogen (secondary N) is 1. The third-order valence-corrected chi connectivity index (χ3v) is 4.50. The summed E-state index contributed by atoms with van der Waals surface area (Å²) in [6.45, 7) is 12.9. The molecule has 4 heteroatoms. The van der Waals surface area contributed by atoms with Crippen LogP contribution in [0.4, 0.5) is 0 Å². The molecule has 0 radical (unpaired) electrons. The lowest BCUT2D eigenvalue weighted by molar-refractivity contribution is 0.237. The zero-order chi connectivity index (χ0) is 13.1. The standard InChI is InChI=1S/C13H25N3S/c1-9(2)13(4,5)8-15-6-11-7-17-12(16-11)10(3)14/h7,9-10,15H,6,8,14H2,1-5H3. The SMILES string of the molecule is CC(N)c1nc(CNCC(C)(C)C(C)C)cs1. The van der Waals surface area contributed by atoms with Gasteiger partial charge in [-0.1, -0.05) is 27.7 Å². The van der Waals surface area contributed by atoms with Crippen molar-refractivity contribution >= 4 is 11.3 Å². The molecule has 0 aliphatic heterocycles. The first-order valence-corrected chi connectivity index (χ1v) is 7.11. The maximum Gasteiger partial charge on any atom is 0.109 e. The van der Waals surface area contributed by atoms with Crippen molar-refractivity contribution in [2.24, 2.45) is 17.1 Å². The summed E-state index contributed by atoms with van der Waals surface area (Å²) in [5, 5.41) is 6.59. The zero-order valence-corrected chi connectivity index (χ0v) is 12.4. The van der Waals surface area contributed by atoms with Gasteiger partial charge in [-0.05, 0) is 18.3 Å². The number of hydrogen-bond donors (Lipinski definition) is 2. The quantitative estimate of drug-likeness (QED) is 0.821. The molecule has 3 nitrogen and oxygen atoms in total. The van der Waals surface area contributed by atoms with Gasteiger partial charge in [-0.25, -0.2) is 4.98 Å². The Hall–Kier alpha value is -0.450. The maximum atomic E-state index is 5.79. The van der Waals surface area contributed by atoms with Gasteiger partial charge in [-0.15, -0.1) is 11.3 Å². The minimum atomic E-state index is 0.0425. The molecule has 1 aromatic rings. The van der Waals surface area contributed by atoms with E-state index in [1.807, 2.05) is 6.92 Å². The molecule has 1 aromatic heterocycles. The third kappa shape index (κ3) is 4.37. The van der Waals surface area contributed by atoms with Gasteiger partial charge in [0.05, 0.1) is 11.7 Å². The Morgan fingerprint density at radius 2 is 2.06 bits per heavy atom. The summed E-state index contributed by atoms with van der Waals surface area (Å²) in [6.07, 6.45) is 0. The Bertz CT molecular complexity index is 342. The van der Waals surface area contributed by atoms with Crippen LogP contribution < -0.4 is 11.1 Å². The fraction of sp³-hybridized carbons (Fsp3) is 0.769. The summed E-state index contributed by atoms with van der Waals surface area (Å²) in [6, 6.07) is 0.0425. The highest BCUT2D eigenvalue weighted by atomic mass is 32.1. The van der Waals surface area contributed by atoms with Crippen LogP contribution in [-0.4, -0.2) is 11.5 Å². The Morgan fingerprint density at radius 1 is 1.41 bits per heavy atom. The summed E-state index contributed by atoms with van der Waals surface area (Å²) >= 11 is 1.65. The van der Waals surface area contributed by atoms with Crippen LogP contribution >= 0.6 is 11.3 Å². The van der Waals surface area contributed by atoms with Crippen LogP contribution in [-0.2, 0) is 6.54 Å². The second kappa shape index (κ2) is 5.94. The van der Waals surface area contributed by atoms with Gasteiger partial charge in [0, 0.05) is 18.5 Å². The van der Waals surface area contributed by atoms with E-state index in [0.29, 0.717) is 11.3 Å². The smallest absolute Gasteiger partial charge is 0.109 e. The summed E-state index contributed by atoms with van der Waals surface area (Å²) < 4.78 is 0. The van der Waals surface area contributed by atoms with Crippen molar-refractivity contribution in [1.29, 1.82) is 0 Å². The molecule has 0 aliphatic rings. The minimum Gasteiger partial charge on any atom is -0.322 e. The molecule has 0 amide bonds. The van der Waals surface area contributed by atoms with Crippen LogP contribution in [0.1, 0.15) is 51.4 Å². The van der Waals surface area contributed by atoms with Crippen molar-refractivity contribution in [2.75, 3.05) is 6.54 Å². The number of aromatic nitrogens is 1. The predicted octanol–water partition coefficient (Wildman–Crippen LogP) is 2.93. The van der Waals surface area contributed by atoms with Crippen LogP contribution in [0, 0.1) is 11.3 Å². The molecule has 98 valence electrons. The van der Waals surface area contributed by atoms with E-state index in [0.717, 1.165) is 23.8 Å².